The van der Waals surface area contributed by atoms with E-state index in [1.807, 2.05) is 0 Å². The van der Waals surface area contributed by atoms with E-state index in [2.05, 4.69) is 26.9 Å². The minimum Gasteiger partial charge on any atom is -0.453 e. The van der Waals surface area contributed by atoms with Crippen LogP contribution < -0.4 is 5.32 Å². The van der Waals surface area contributed by atoms with Gasteiger partial charge >= 0.3 is 6.09 Å². The zero-order valence-corrected chi connectivity index (χ0v) is 8.95. The van der Waals surface area contributed by atoms with E-state index in [1.165, 1.54) is 7.11 Å². The minimum atomic E-state index is -0.348. The molecule has 0 aliphatic carbocycles. The molecule has 14 heavy (non-hydrogen) atoms. The number of carbonyl (C=O) groups excluding carboxylic acids is 1. The predicted octanol–water partition coefficient (Wildman–Crippen LogP) is -0.410. The molecule has 1 saturated heterocycles. The van der Waals surface area contributed by atoms with Gasteiger partial charge in [0.05, 0.1) is 7.11 Å². The zero-order valence-electron chi connectivity index (χ0n) is 8.95. The molecule has 0 aromatic carbocycles. The van der Waals surface area contributed by atoms with E-state index in [0.717, 1.165) is 32.7 Å². The number of amides is 1. The van der Waals surface area contributed by atoms with Crippen LogP contribution in [0.2, 0.25) is 0 Å². The molecule has 0 aromatic heterocycles. The van der Waals surface area contributed by atoms with Gasteiger partial charge < -0.3 is 15.0 Å². The molecule has 0 spiro atoms. The lowest BCUT2D eigenvalue weighted by Gasteiger charge is -2.32. The van der Waals surface area contributed by atoms with E-state index in [4.69, 9.17) is 0 Å². The van der Waals surface area contributed by atoms with Gasteiger partial charge in [0.1, 0.15) is 0 Å². The SMILES string of the molecule is COC(=O)NCCN1CCN(C)CC1. The summed E-state index contributed by atoms with van der Waals surface area (Å²) in [5.74, 6) is 0. The summed E-state index contributed by atoms with van der Waals surface area (Å²) in [6, 6.07) is 0. The second-order valence-corrected chi connectivity index (χ2v) is 3.56. The molecule has 5 nitrogen and oxygen atoms in total. The minimum absolute atomic E-state index is 0.348. The van der Waals surface area contributed by atoms with E-state index >= 15 is 0 Å². The van der Waals surface area contributed by atoms with Crippen LogP contribution in [0, 0.1) is 0 Å². The van der Waals surface area contributed by atoms with Gasteiger partial charge in [-0.2, -0.15) is 0 Å². The monoisotopic (exact) mass is 201 g/mol. The molecule has 5 heteroatoms. The van der Waals surface area contributed by atoms with E-state index < -0.39 is 0 Å². The Morgan fingerprint density at radius 3 is 2.57 bits per heavy atom. The Bertz CT molecular complexity index is 179. The standard InChI is InChI=1S/C9H19N3O2/c1-11-5-7-12(8-6-11)4-3-10-9(13)14-2/h3-8H2,1-2H3,(H,10,13). The van der Waals surface area contributed by atoms with Crippen molar-refractivity contribution >= 4 is 6.09 Å². The first-order valence-corrected chi connectivity index (χ1v) is 4.95. The summed E-state index contributed by atoms with van der Waals surface area (Å²) in [6.07, 6.45) is -0.348. The maximum atomic E-state index is 10.7. The van der Waals surface area contributed by atoms with Gasteiger partial charge in [0.25, 0.3) is 0 Å². The molecule has 1 amide bonds. The highest BCUT2D eigenvalue weighted by atomic mass is 16.5. The Kier molecular flexibility index (Phi) is 4.69. The highest BCUT2D eigenvalue weighted by molar-refractivity contribution is 5.66. The molecule has 0 radical (unpaired) electrons. The Morgan fingerprint density at radius 2 is 2.00 bits per heavy atom. The van der Waals surface area contributed by atoms with Crippen LogP contribution in [0.4, 0.5) is 4.79 Å². The van der Waals surface area contributed by atoms with Crippen LogP contribution in [-0.4, -0.2) is 69.3 Å². The summed E-state index contributed by atoms with van der Waals surface area (Å²) in [5, 5.41) is 2.67. The molecular formula is C9H19N3O2. The molecule has 82 valence electrons. The van der Waals surface area contributed by atoms with E-state index in [0.29, 0.717) is 6.54 Å². The Hall–Kier alpha value is -0.810. The van der Waals surface area contributed by atoms with Gasteiger partial charge in [-0.15, -0.1) is 0 Å². The van der Waals surface area contributed by atoms with Gasteiger partial charge in [0.2, 0.25) is 0 Å². The van der Waals surface area contributed by atoms with E-state index in [1.54, 1.807) is 0 Å². The van der Waals surface area contributed by atoms with Crippen molar-refractivity contribution in [2.24, 2.45) is 0 Å². The molecule has 1 fully saturated rings. The number of nitrogens with one attached hydrogen (secondary N) is 1. The Morgan fingerprint density at radius 1 is 1.36 bits per heavy atom. The van der Waals surface area contributed by atoms with Crippen molar-refractivity contribution in [1.29, 1.82) is 0 Å². The van der Waals surface area contributed by atoms with Crippen LogP contribution in [0.3, 0.4) is 0 Å². The third kappa shape index (κ3) is 3.93. The number of carbonyl (C=O) groups is 1. The molecular weight excluding hydrogens is 182 g/mol. The van der Waals surface area contributed by atoms with Crippen molar-refractivity contribution in [2.45, 2.75) is 0 Å². The summed E-state index contributed by atoms with van der Waals surface area (Å²) in [5.41, 5.74) is 0. The first-order valence-electron chi connectivity index (χ1n) is 4.95. The second-order valence-electron chi connectivity index (χ2n) is 3.56. The average Bonchev–Trinajstić information content (AvgIpc) is 2.21. The highest BCUT2D eigenvalue weighted by Gasteiger charge is 2.12. The molecule has 0 bridgehead atoms. The Balaban J connectivity index is 2.04. The van der Waals surface area contributed by atoms with Crippen molar-refractivity contribution in [3.05, 3.63) is 0 Å². The molecule has 0 aromatic rings. The molecule has 1 aliphatic rings. The summed E-state index contributed by atoms with van der Waals surface area (Å²) in [6.45, 7) is 5.95. The fraction of sp³-hybridized carbons (Fsp3) is 0.889. The maximum Gasteiger partial charge on any atom is 0.406 e. The van der Waals surface area contributed by atoms with Crippen LogP contribution >= 0.6 is 0 Å². The third-order valence-electron chi connectivity index (χ3n) is 2.48. The first kappa shape index (κ1) is 11.3. The third-order valence-corrected chi connectivity index (χ3v) is 2.48. The highest BCUT2D eigenvalue weighted by Crippen LogP contribution is 1.97. The number of methoxy groups -OCH3 is 1. The molecule has 0 unspecified atom stereocenters. The van der Waals surface area contributed by atoms with E-state index in [9.17, 15) is 4.79 Å². The predicted molar refractivity (Wildman–Crippen MR) is 54.3 cm³/mol. The molecule has 0 atom stereocenters. The number of nitrogens with zero attached hydrogens (tertiary/aromatic N) is 2. The second kappa shape index (κ2) is 5.82. The van der Waals surface area contributed by atoms with Gasteiger partial charge in [-0.25, -0.2) is 4.79 Å². The smallest absolute Gasteiger partial charge is 0.406 e. The van der Waals surface area contributed by atoms with Gasteiger partial charge in [-0.05, 0) is 7.05 Å². The van der Waals surface area contributed by atoms with Crippen molar-refractivity contribution in [2.75, 3.05) is 53.4 Å². The summed E-state index contributed by atoms with van der Waals surface area (Å²) in [4.78, 5) is 15.4. The summed E-state index contributed by atoms with van der Waals surface area (Å²) in [7, 11) is 3.51. The van der Waals surface area contributed by atoms with E-state index in [-0.39, 0.29) is 6.09 Å². The largest absolute Gasteiger partial charge is 0.453 e. The van der Waals surface area contributed by atoms with Crippen LogP contribution in [0.1, 0.15) is 0 Å². The van der Waals surface area contributed by atoms with Crippen LogP contribution in [0.5, 0.6) is 0 Å². The number of piperazine rings is 1. The first-order chi connectivity index (χ1) is 6.72. The average molecular weight is 201 g/mol. The fourth-order valence-electron chi connectivity index (χ4n) is 1.46. The molecule has 1 N–H and O–H groups in total. The quantitative estimate of drug-likeness (QED) is 0.674. The lowest BCUT2D eigenvalue weighted by Crippen LogP contribution is -2.46. The van der Waals surface area contributed by atoms with Crippen LogP contribution in [-0.2, 0) is 4.74 Å². The van der Waals surface area contributed by atoms with Crippen molar-refractivity contribution in [3.8, 4) is 0 Å². The molecule has 0 saturated carbocycles. The zero-order chi connectivity index (χ0) is 10.4. The lowest BCUT2D eigenvalue weighted by molar-refractivity contribution is 0.147. The van der Waals surface area contributed by atoms with Gasteiger partial charge in [-0.1, -0.05) is 0 Å². The van der Waals surface area contributed by atoms with Gasteiger partial charge in [-0.3, -0.25) is 4.90 Å². The number of alkyl carbamates (subject to hydrolysis) is 1. The maximum absolute atomic E-state index is 10.7. The number of hydrogen-bond acceptors (Lipinski definition) is 4. The van der Waals surface area contributed by atoms with Gasteiger partial charge in [0, 0.05) is 39.3 Å². The van der Waals surface area contributed by atoms with Crippen molar-refractivity contribution in [1.82, 2.24) is 15.1 Å². The van der Waals surface area contributed by atoms with Crippen LogP contribution in [0.15, 0.2) is 0 Å². The van der Waals surface area contributed by atoms with Crippen molar-refractivity contribution < 1.29 is 9.53 Å². The lowest BCUT2D eigenvalue weighted by atomic mass is 10.3. The molecule has 1 aliphatic heterocycles. The summed E-state index contributed by atoms with van der Waals surface area (Å²) >= 11 is 0. The van der Waals surface area contributed by atoms with Gasteiger partial charge in [0.15, 0.2) is 0 Å². The van der Waals surface area contributed by atoms with Crippen LogP contribution in [0.25, 0.3) is 0 Å². The molecule has 1 rings (SSSR count). The summed E-state index contributed by atoms with van der Waals surface area (Å²) < 4.78 is 4.48. The number of hydrogen-bond donors (Lipinski definition) is 1. The van der Waals surface area contributed by atoms with Crippen molar-refractivity contribution in [3.63, 3.8) is 0 Å². The normalized spacial score (nSPS) is 19.3. The topological polar surface area (TPSA) is 44.8 Å². The number of rotatable bonds is 3. The number of likely N-dealkylation sites (N-methyl/N-ethyl adjacent to an activating group) is 1. The number of ether oxygens (including phenoxy) is 1. The fourth-order valence-corrected chi connectivity index (χ4v) is 1.46. The Labute approximate surface area is 85.0 Å². The molecule has 1 heterocycles.